The number of carbonyl (C=O) groups excluding carboxylic acids is 3. The van der Waals surface area contributed by atoms with Crippen molar-refractivity contribution in [1.82, 2.24) is 15.1 Å². The number of hydrogen-bond acceptors (Lipinski definition) is 6. The summed E-state index contributed by atoms with van der Waals surface area (Å²) in [5, 5.41) is 2.77. The van der Waals surface area contributed by atoms with Gasteiger partial charge in [0.25, 0.3) is 11.8 Å². The van der Waals surface area contributed by atoms with Gasteiger partial charge < -0.3 is 24.6 Å². The van der Waals surface area contributed by atoms with Gasteiger partial charge in [0.05, 0.1) is 18.1 Å². The van der Waals surface area contributed by atoms with Crippen molar-refractivity contribution in [2.24, 2.45) is 4.99 Å². The van der Waals surface area contributed by atoms with E-state index in [2.05, 4.69) is 16.9 Å². The minimum Gasteiger partial charge on any atom is -0.491 e. The Morgan fingerprint density at radius 2 is 1.98 bits per heavy atom. The molecular formula is C31H34N4O5. The Hall–Kier alpha value is -4.14. The van der Waals surface area contributed by atoms with Crippen LogP contribution >= 0.6 is 0 Å². The van der Waals surface area contributed by atoms with Crippen LogP contribution in [-0.2, 0) is 20.9 Å². The van der Waals surface area contributed by atoms with Crippen molar-refractivity contribution in [3.05, 3.63) is 77.5 Å². The first-order chi connectivity index (χ1) is 19.4. The molecule has 1 N–H and O–H groups in total. The lowest BCUT2D eigenvalue weighted by molar-refractivity contribution is -0.143. The molecule has 9 heteroatoms. The normalized spacial score (nSPS) is 26.2. The number of nitrogens with one attached hydrogen (secondary N) is 1. The maximum Gasteiger partial charge on any atom is 0.266 e. The van der Waals surface area contributed by atoms with Crippen LogP contribution in [0, 0.1) is 0 Å². The van der Waals surface area contributed by atoms with E-state index in [-0.39, 0.29) is 35.8 Å². The van der Waals surface area contributed by atoms with Gasteiger partial charge in [-0.1, -0.05) is 24.8 Å². The molecule has 0 bridgehead atoms. The first kappa shape index (κ1) is 26.1. The van der Waals surface area contributed by atoms with Gasteiger partial charge in [0.1, 0.15) is 12.4 Å². The molecule has 4 aliphatic heterocycles. The third-order valence-electron chi connectivity index (χ3n) is 8.25. The Kier molecular flexibility index (Phi) is 7.04. The third-order valence-corrected chi connectivity index (χ3v) is 8.25. The van der Waals surface area contributed by atoms with Crippen LogP contribution < -0.4 is 10.1 Å². The van der Waals surface area contributed by atoms with E-state index in [4.69, 9.17) is 9.47 Å². The summed E-state index contributed by atoms with van der Waals surface area (Å²) < 4.78 is 12.3. The Bertz CT molecular complexity index is 1370. The summed E-state index contributed by atoms with van der Waals surface area (Å²) in [5.41, 5.74) is 2.97. The van der Waals surface area contributed by atoms with Gasteiger partial charge in [-0.15, -0.1) is 0 Å². The maximum absolute atomic E-state index is 13.6. The van der Waals surface area contributed by atoms with Crippen molar-refractivity contribution < 1.29 is 23.9 Å². The summed E-state index contributed by atoms with van der Waals surface area (Å²) in [4.78, 5) is 46.7. The molecule has 0 aromatic heterocycles. The fourth-order valence-electron chi connectivity index (χ4n) is 6.07. The number of benzene rings is 2. The predicted molar refractivity (Wildman–Crippen MR) is 149 cm³/mol. The van der Waals surface area contributed by atoms with Gasteiger partial charge in [-0.2, -0.15) is 0 Å². The van der Waals surface area contributed by atoms with Crippen molar-refractivity contribution in [3.63, 3.8) is 0 Å². The van der Waals surface area contributed by atoms with Gasteiger partial charge in [0, 0.05) is 36.3 Å². The van der Waals surface area contributed by atoms with E-state index in [0.29, 0.717) is 55.4 Å². The lowest BCUT2D eigenvalue weighted by Crippen LogP contribution is -2.52. The van der Waals surface area contributed by atoms with Gasteiger partial charge in [0.15, 0.2) is 0 Å². The average Bonchev–Trinajstić information content (AvgIpc) is 3.51. The molecule has 3 unspecified atom stereocenters. The standard InChI is InChI=1S/C31H34N4O5/c1-19-26(13-14-27(36)32-19)35-17-22-16-24(11-12-25(22)30(35)37)39-18-23-10-6-7-15-34(23)31(38)28-20(2)33-29(40-28)21-8-4-3-5-9-21/h3-5,8-9,11-12,16,20,23,26,28H,1,6-7,10,13-15,17-18H2,2H3,(H,32,36)/t20?,23-,26?,28?/m0/s1. The summed E-state index contributed by atoms with van der Waals surface area (Å²) >= 11 is 0. The van der Waals surface area contributed by atoms with E-state index in [0.717, 1.165) is 30.4 Å². The fraction of sp³-hybridized carbons (Fsp3) is 0.419. The van der Waals surface area contributed by atoms with E-state index in [1.165, 1.54) is 0 Å². The van der Waals surface area contributed by atoms with Crippen molar-refractivity contribution >= 4 is 23.6 Å². The number of likely N-dealkylation sites (tertiary alicyclic amines) is 1. The van der Waals surface area contributed by atoms with Crippen LogP contribution in [0.25, 0.3) is 0 Å². The van der Waals surface area contributed by atoms with E-state index in [1.54, 1.807) is 11.0 Å². The number of carbonyl (C=O) groups is 3. The molecule has 4 atom stereocenters. The van der Waals surface area contributed by atoms with Gasteiger partial charge in [-0.3, -0.25) is 14.4 Å². The largest absolute Gasteiger partial charge is 0.491 e. The molecule has 208 valence electrons. The molecule has 0 radical (unpaired) electrons. The summed E-state index contributed by atoms with van der Waals surface area (Å²) in [7, 11) is 0. The SMILES string of the molecule is C=C1NC(=O)CCC1N1Cc2cc(OC[C@@H]3CCCCN3C(=O)C3OC(c4ccccc4)=NC3C)ccc2C1=O. The number of nitrogens with zero attached hydrogens (tertiary/aromatic N) is 3. The number of amides is 3. The number of piperidine rings is 2. The van der Waals surface area contributed by atoms with Crippen molar-refractivity contribution in [3.8, 4) is 5.75 Å². The van der Waals surface area contributed by atoms with E-state index in [1.807, 2.05) is 54.3 Å². The summed E-state index contributed by atoms with van der Waals surface area (Å²) in [6.45, 7) is 7.35. The monoisotopic (exact) mass is 542 g/mol. The van der Waals surface area contributed by atoms with Crippen LogP contribution in [0.3, 0.4) is 0 Å². The number of ether oxygens (including phenoxy) is 2. The molecule has 2 aromatic carbocycles. The summed E-state index contributed by atoms with van der Waals surface area (Å²) in [6, 6.07) is 14.6. The molecule has 0 aliphatic carbocycles. The first-order valence-corrected chi connectivity index (χ1v) is 14.0. The second-order valence-electron chi connectivity index (χ2n) is 11.0. The third kappa shape index (κ3) is 4.96. The molecular weight excluding hydrogens is 508 g/mol. The Morgan fingerprint density at radius 3 is 2.77 bits per heavy atom. The van der Waals surface area contributed by atoms with E-state index in [9.17, 15) is 14.4 Å². The average molecular weight is 543 g/mol. The minimum absolute atomic E-state index is 0.0505. The summed E-state index contributed by atoms with van der Waals surface area (Å²) in [5.74, 6) is 1.01. The highest BCUT2D eigenvalue weighted by atomic mass is 16.5. The molecule has 4 aliphatic rings. The molecule has 4 heterocycles. The molecule has 2 saturated heterocycles. The zero-order valence-electron chi connectivity index (χ0n) is 22.7. The highest BCUT2D eigenvalue weighted by Gasteiger charge is 2.40. The maximum atomic E-state index is 13.6. The molecule has 2 aromatic rings. The number of aliphatic imine (C=N–C) groups is 1. The first-order valence-electron chi connectivity index (χ1n) is 14.0. The van der Waals surface area contributed by atoms with Crippen molar-refractivity contribution in [1.29, 1.82) is 0 Å². The summed E-state index contributed by atoms with van der Waals surface area (Å²) in [6.07, 6.45) is 3.12. The number of hydrogen-bond donors (Lipinski definition) is 1. The van der Waals surface area contributed by atoms with Gasteiger partial charge in [-0.05, 0) is 68.5 Å². The molecule has 6 rings (SSSR count). The second kappa shape index (κ2) is 10.8. The number of fused-ring (bicyclic) bond motifs is 1. The minimum atomic E-state index is -0.646. The Morgan fingerprint density at radius 1 is 1.15 bits per heavy atom. The second-order valence-corrected chi connectivity index (χ2v) is 11.0. The van der Waals surface area contributed by atoms with Crippen molar-refractivity contribution in [2.75, 3.05) is 13.2 Å². The van der Waals surface area contributed by atoms with Crippen LogP contribution in [0.1, 0.15) is 60.5 Å². The fourth-order valence-corrected chi connectivity index (χ4v) is 6.07. The predicted octanol–water partition coefficient (Wildman–Crippen LogP) is 3.43. The van der Waals surface area contributed by atoms with Gasteiger partial charge >= 0.3 is 0 Å². The zero-order chi connectivity index (χ0) is 27.8. The van der Waals surface area contributed by atoms with Crippen LogP contribution in [-0.4, -0.2) is 70.8 Å². The highest BCUT2D eigenvalue weighted by molar-refractivity contribution is 5.99. The van der Waals surface area contributed by atoms with E-state index < -0.39 is 6.10 Å². The van der Waals surface area contributed by atoms with Crippen molar-refractivity contribution in [2.45, 2.75) is 69.8 Å². The van der Waals surface area contributed by atoms with Crippen LogP contribution in [0.4, 0.5) is 0 Å². The quantitative estimate of drug-likeness (QED) is 0.603. The van der Waals surface area contributed by atoms with Crippen LogP contribution in [0.15, 0.2) is 65.8 Å². The molecule has 2 fully saturated rings. The molecule has 0 spiro atoms. The molecule has 3 amide bonds. The lowest BCUT2D eigenvalue weighted by Gasteiger charge is -2.37. The lowest BCUT2D eigenvalue weighted by atomic mass is 10.0. The van der Waals surface area contributed by atoms with E-state index >= 15 is 0 Å². The number of rotatable bonds is 6. The molecule has 40 heavy (non-hydrogen) atoms. The van der Waals surface area contributed by atoms with Gasteiger partial charge in [0.2, 0.25) is 17.9 Å². The molecule has 9 nitrogen and oxygen atoms in total. The Labute approximate surface area is 233 Å². The highest BCUT2D eigenvalue weighted by Crippen LogP contribution is 2.32. The van der Waals surface area contributed by atoms with Gasteiger partial charge in [-0.25, -0.2) is 4.99 Å². The zero-order valence-corrected chi connectivity index (χ0v) is 22.7. The van der Waals surface area contributed by atoms with Crippen LogP contribution in [0.2, 0.25) is 0 Å². The smallest absolute Gasteiger partial charge is 0.266 e. The molecule has 0 saturated carbocycles. The van der Waals surface area contributed by atoms with Crippen LogP contribution in [0.5, 0.6) is 5.75 Å². The topological polar surface area (TPSA) is 101 Å². The Balaban J connectivity index is 1.09.